The normalized spacial score (nSPS) is 11.9. The van der Waals surface area contributed by atoms with E-state index >= 15 is 0 Å². The van der Waals surface area contributed by atoms with Crippen molar-refractivity contribution >= 4 is 75.8 Å². The summed E-state index contributed by atoms with van der Waals surface area (Å²) in [5.74, 6) is 0. The molecule has 51 heavy (non-hydrogen) atoms. The second kappa shape index (κ2) is 10.9. The summed E-state index contributed by atoms with van der Waals surface area (Å²) in [6.07, 6.45) is 0. The fourth-order valence-corrected chi connectivity index (χ4v) is 8.68. The maximum absolute atomic E-state index is 6.83. The molecule has 1 aromatic heterocycles. The Hall–Kier alpha value is -6.70. The predicted octanol–water partition coefficient (Wildman–Crippen LogP) is 14.4. The SMILES string of the molecule is c1ccc(-c2c3ccccc3c(-c3c4ccccc4c(-c4cccc5c4oc4cc6ccccc6cc45)c4ccccc34)c3ccccc23)cc1. The number of hydrogen-bond donors (Lipinski definition) is 0. The molecule has 0 aliphatic rings. The topological polar surface area (TPSA) is 13.1 Å². The van der Waals surface area contributed by atoms with Crippen LogP contribution in [-0.4, -0.2) is 0 Å². The summed E-state index contributed by atoms with van der Waals surface area (Å²) in [7, 11) is 0. The predicted molar refractivity (Wildman–Crippen MR) is 218 cm³/mol. The van der Waals surface area contributed by atoms with Crippen molar-refractivity contribution in [2.75, 3.05) is 0 Å². The molecule has 1 nitrogen and oxygen atoms in total. The molecule has 0 saturated carbocycles. The first-order valence-corrected chi connectivity index (χ1v) is 17.6. The molecule has 236 valence electrons. The van der Waals surface area contributed by atoms with Gasteiger partial charge < -0.3 is 4.42 Å². The smallest absolute Gasteiger partial charge is 0.143 e. The lowest BCUT2D eigenvalue weighted by Crippen LogP contribution is -1.94. The lowest BCUT2D eigenvalue weighted by molar-refractivity contribution is 0.670. The molecule has 0 radical (unpaired) electrons. The van der Waals surface area contributed by atoms with Gasteiger partial charge >= 0.3 is 0 Å². The van der Waals surface area contributed by atoms with Crippen LogP contribution in [0.3, 0.4) is 0 Å². The zero-order chi connectivity index (χ0) is 33.5. The maximum Gasteiger partial charge on any atom is 0.143 e. The molecule has 0 bridgehead atoms. The van der Waals surface area contributed by atoms with Crippen molar-refractivity contribution in [2.45, 2.75) is 0 Å². The van der Waals surface area contributed by atoms with Crippen molar-refractivity contribution in [3.05, 3.63) is 182 Å². The standard InChI is InChI=1S/C50H30O/c1-2-15-31(16-3-1)46-34-19-6-10-23-38(34)48(39-24-11-7-20-35(39)46)49-40-25-12-8-21-36(40)47(37-22-9-13-26-41(37)49)43-28-14-27-42-44-29-32-17-4-5-18-33(32)30-45(44)51-50(42)43/h1-30H. The molecule has 0 fully saturated rings. The molecule has 1 heteroatoms. The molecule has 0 aliphatic carbocycles. The molecule has 0 N–H and O–H groups in total. The van der Waals surface area contributed by atoms with Crippen LogP contribution in [0.2, 0.25) is 0 Å². The Labute approximate surface area is 294 Å². The Balaban J connectivity index is 1.29. The van der Waals surface area contributed by atoms with Crippen LogP contribution in [0, 0.1) is 0 Å². The molecule has 11 aromatic rings. The largest absolute Gasteiger partial charge is 0.455 e. The summed E-state index contributed by atoms with van der Waals surface area (Å²) in [6, 6.07) is 66.2. The van der Waals surface area contributed by atoms with Crippen LogP contribution in [-0.2, 0) is 0 Å². The van der Waals surface area contributed by atoms with Crippen LogP contribution in [0.5, 0.6) is 0 Å². The van der Waals surface area contributed by atoms with E-state index < -0.39 is 0 Å². The van der Waals surface area contributed by atoms with E-state index in [2.05, 4.69) is 182 Å². The summed E-state index contributed by atoms with van der Waals surface area (Å²) in [4.78, 5) is 0. The van der Waals surface area contributed by atoms with Gasteiger partial charge in [-0.15, -0.1) is 0 Å². The minimum Gasteiger partial charge on any atom is -0.455 e. The summed E-state index contributed by atoms with van der Waals surface area (Å²) < 4.78 is 6.83. The molecule has 0 amide bonds. The van der Waals surface area contributed by atoms with Crippen LogP contribution < -0.4 is 0 Å². The van der Waals surface area contributed by atoms with Gasteiger partial charge in [-0.2, -0.15) is 0 Å². The third-order valence-corrected chi connectivity index (χ3v) is 10.8. The lowest BCUT2D eigenvalue weighted by atomic mass is 9.81. The first kappa shape index (κ1) is 28.2. The maximum atomic E-state index is 6.83. The Morgan fingerprint density at radius 1 is 0.275 bits per heavy atom. The van der Waals surface area contributed by atoms with Gasteiger partial charge in [0.2, 0.25) is 0 Å². The number of hydrogen-bond acceptors (Lipinski definition) is 1. The second-order valence-corrected chi connectivity index (χ2v) is 13.5. The summed E-state index contributed by atoms with van der Waals surface area (Å²) in [6.45, 7) is 0. The van der Waals surface area contributed by atoms with Gasteiger partial charge in [-0.3, -0.25) is 0 Å². The highest BCUT2D eigenvalue weighted by Gasteiger charge is 2.23. The molecular formula is C50H30O. The van der Waals surface area contributed by atoms with Crippen molar-refractivity contribution in [3.63, 3.8) is 0 Å². The van der Waals surface area contributed by atoms with Crippen LogP contribution >= 0.6 is 0 Å². The molecular weight excluding hydrogens is 617 g/mol. The van der Waals surface area contributed by atoms with Crippen molar-refractivity contribution < 1.29 is 4.42 Å². The summed E-state index contributed by atoms with van der Waals surface area (Å²) >= 11 is 0. The van der Waals surface area contributed by atoms with Crippen molar-refractivity contribution in [1.29, 1.82) is 0 Å². The van der Waals surface area contributed by atoms with E-state index in [-0.39, 0.29) is 0 Å². The highest BCUT2D eigenvalue weighted by Crippen LogP contribution is 2.51. The average Bonchev–Trinajstić information content (AvgIpc) is 3.56. The number of benzene rings is 10. The van der Waals surface area contributed by atoms with Crippen molar-refractivity contribution in [1.82, 2.24) is 0 Å². The lowest BCUT2D eigenvalue weighted by Gasteiger charge is -2.22. The van der Waals surface area contributed by atoms with E-state index in [1.54, 1.807) is 0 Å². The highest BCUT2D eigenvalue weighted by atomic mass is 16.3. The van der Waals surface area contributed by atoms with Gasteiger partial charge in [-0.25, -0.2) is 0 Å². The van der Waals surface area contributed by atoms with E-state index in [9.17, 15) is 0 Å². The first-order valence-electron chi connectivity index (χ1n) is 17.6. The van der Waals surface area contributed by atoms with Crippen LogP contribution in [0.25, 0.3) is 109 Å². The second-order valence-electron chi connectivity index (χ2n) is 13.5. The van der Waals surface area contributed by atoms with Crippen LogP contribution in [0.4, 0.5) is 0 Å². The Bertz CT molecular complexity index is 3070. The molecule has 1 heterocycles. The van der Waals surface area contributed by atoms with Crippen molar-refractivity contribution in [3.8, 4) is 33.4 Å². The fourth-order valence-electron chi connectivity index (χ4n) is 8.68. The number of para-hydroxylation sites is 1. The monoisotopic (exact) mass is 646 g/mol. The van der Waals surface area contributed by atoms with Gasteiger partial charge in [0, 0.05) is 21.9 Å². The fraction of sp³-hybridized carbons (Fsp3) is 0. The third kappa shape index (κ3) is 4.09. The van der Waals surface area contributed by atoms with Gasteiger partial charge in [0.05, 0.1) is 0 Å². The van der Waals surface area contributed by atoms with Gasteiger partial charge in [0.1, 0.15) is 11.2 Å². The quantitative estimate of drug-likeness (QED) is 0.174. The van der Waals surface area contributed by atoms with E-state index in [0.29, 0.717) is 0 Å². The van der Waals surface area contributed by atoms with Crippen LogP contribution in [0.1, 0.15) is 0 Å². The molecule has 10 aromatic carbocycles. The van der Waals surface area contributed by atoms with E-state index in [4.69, 9.17) is 4.42 Å². The minimum absolute atomic E-state index is 0.915. The third-order valence-electron chi connectivity index (χ3n) is 10.8. The zero-order valence-corrected chi connectivity index (χ0v) is 27.7. The number of fused-ring (bicyclic) bond motifs is 8. The molecule has 0 saturated heterocycles. The zero-order valence-electron chi connectivity index (χ0n) is 27.7. The first-order chi connectivity index (χ1) is 25.3. The van der Waals surface area contributed by atoms with E-state index in [0.717, 1.165) is 27.5 Å². The molecule has 0 aliphatic heterocycles. The van der Waals surface area contributed by atoms with Gasteiger partial charge in [-0.1, -0.05) is 170 Å². The van der Waals surface area contributed by atoms with E-state index in [1.807, 2.05) is 0 Å². The number of furan rings is 1. The summed E-state index contributed by atoms with van der Waals surface area (Å²) in [5.41, 5.74) is 9.20. The number of rotatable bonds is 3. The van der Waals surface area contributed by atoms with Crippen LogP contribution in [0.15, 0.2) is 186 Å². The highest BCUT2D eigenvalue weighted by molar-refractivity contribution is 6.31. The molecule has 0 atom stereocenters. The Morgan fingerprint density at radius 3 is 1.22 bits per heavy atom. The molecule has 0 spiro atoms. The Kier molecular flexibility index (Phi) is 6.02. The molecule has 11 rings (SSSR count). The van der Waals surface area contributed by atoms with Gasteiger partial charge in [0.25, 0.3) is 0 Å². The molecule has 0 unspecified atom stereocenters. The average molecular weight is 647 g/mol. The van der Waals surface area contributed by atoms with Gasteiger partial charge in [0.15, 0.2) is 0 Å². The van der Waals surface area contributed by atoms with E-state index in [1.165, 1.54) is 81.7 Å². The van der Waals surface area contributed by atoms with Crippen molar-refractivity contribution in [2.24, 2.45) is 0 Å². The minimum atomic E-state index is 0.915. The summed E-state index contributed by atoms with van der Waals surface area (Å²) in [5, 5.41) is 14.6. The Morgan fingerprint density at radius 2 is 0.686 bits per heavy atom. The van der Waals surface area contributed by atoms with Gasteiger partial charge in [-0.05, 0) is 88.2 Å².